The van der Waals surface area contributed by atoms with E-state index >= 15 is 0 Å². The maximum Gasteiger partial charge on any atom is 0.0953 e. The second-order valence-corrected chi connectivity index (χ2v) is 6.09. The van der Waals surface area contributed by atoms with Crippen LogP contribution in [0.1, 0.15) is 38.5 Å². The van der Waals surface area contributed by atoms with Gasteiger partial charge in [0.25, 0.3) is 0 Å². The van der Waals surface area contributed by atoms with Crippen LogP contribution in [0.5, 0.6) is 0 Å². The third kappa shape index (κ3) is 3.10. The van der Waals surface area contributed by atoms with E-state index < -0.39 is 5.60 Å². The lowest BCUT2D eigenvalue weighted by Gasteiger charge is -2.27. The molecule has 21 heavy (non-hydrogen) atoms. The molecule has 0 aliphatic heterocycles. The first kappa shape index (κ1) is 14.1. The van der Waals surface area contributed by atoms with Crippen LogP contribution in [0.15, 0.2) is 30.5 Å². The number of anilines is 2. The smallest absolute Gasteiger partial charge is 0.0953 e. The second-order valence-electron chi connectivity index (χ2n) is 6.09. The summed E-state index contributed by atoms with van der Waals surface area (Å²) in [5, 5.41) is 15.1. The van der Waals surface area contributed by atoms with Crippen LogP contribution in [-0.2, 0) is 0 Å². The van der Waals surface area contributed by atoms with Gasteiger partial charge in [0.2, 0.25) is 0 Å². The first-order valence-electron chi connectivity index (χ1n) is 7.77. The maximum absolute atomic E-state index is 10.7. The minimum atomic E-state index is -0.598. The van der Waals surface area contributed by atoms with Crippen LogP contribution in [0.3, 0.4) is 0 Å². The molecule has 0 radical (unpaired) electrons. The van der Waals surface area contributed by atoms with Gasteiger partial charge >= 0.3 is 0 Å². The van der Waals surface area contributed by atoms with E-state index in [1.165, 1.54) is 12.8 Å². The number of nitrogen functional groups attached to an aromatic ring is 1. The van der Waals surface area contributed by atoms with E-state index in [4.69, 9.17) is 5.73 Å². The average molecular weight is 285 g/mol. The summed E-state index contributed by atoms with van der Waals surface area (Å²) in [6.07, 6.45) is 8.20. The molecule has 0 bridgehead atoms. The Morgan fingerprint density at radius 2 is 1.90 bits per heavy atom. The molecule has 1 heterocycles. The van der Waals surface area contributed by atoms with Gasteiger partial charge in [0.05, 0.1) is 16.8 Å². The summed E-state index contributed by atoms with van der Waals surface area (Å²) < 4.78 is 0. The van der Waals surface area contributed by atoms with Gasteiger partial charge in [-0.1, -0.05) is 25.7 Å². The Hall–Kier alpha value is -1.81. The molecule has 1 saturated carbocycles. The van der Waals surface area contributed by atoms with Gasteiger partial charge in [0.15, 0.2) is 0 Å². The van der Waals surface area contributed by atoms with Gasteiger partial charge in [-0.2, -0.15) is 0 Å². The molecule has 0 spiro atoms. The molecular weight excluding hydrogens is 262 g/mol. The van der Waals surface area contributed by atoms with Crippen LogP contribution in [-0.4, -0.2) is 22.2 Å². The van der Waals surface area contributed by atoms with Crippen molar-refractivity contribution in [2.75, 3.05) is 17.6 Å². The standard InChI is InChI=1S/C17H23N3O/c18-14-7-8-15(16-13(14)6-5-11-19-16)20-12-17(21)9-3-1-2-4-10-17/h5-8,11,20-21H,1-4,9-10,12,18H2. The molecule has 2 aromatic rings. The van der Waals surface area contributed by atoms with Gasteiger partial charge in [0, 0.05) is 23.8 Å². The summed E-state index contributed by atoms with van der Waals surface area (Å²) >= 11 is 0. The number of aliphatic hydroxyl groups is 1. The van der Waals surface area contributed by atoms with Gasteiger partial charge < -0.3 is 16.2 Å². The van der Waals surface area contributed by atoms with Crippen LogP contribution >= 0.6 is 0 Å². The van der Waals surface area contributed by atoms with Crippen molar-refractivity contribution in [3.8, 4) is 0 Å². The van der Waals surface area contributed by atoms with Gasteiger partial charge in [-0.3, -0.25) is 4.98 Å². The molecule has 4 nitrogen and oxygen atoms in total. The molecular formula is C17H23N3O. The van der Waals surface area contributed by atoms with Gasteiger partial charge in [-0.25, -0.2) is 0 Å². The maximum atomic E-state index is 10.7. The van der Waals surface area contributed by atoms with Crippen molar-refractivity contribution in [1.82, 2.24) is 4.98 Å². The number of hydrogen-bond donors (Lipinski definition) is 3. The summed E-state index contributed by atoms with van der Waals surface area (Å²) in [6, 6.07) is 7.71. The highest BCUT2D eigenvalue weighted by atomic mass is 16.3. The largest absolute Gasteiger partial charge is 0.398 e. The van der Waals surface area contributed by atoms with Crippen LogP contribution in [0.4, 0.5) is 11.4 Å². The highest BCUT2D eigenvalue weighted by Crippen LogP contribution is 2.30. The third-order valence-electron chi connectivity index (χ3n) is 4.45. The van der Waals surface area contributed by atoms with Crippen molar-refractivity contribution < 1.29 is 5.11 Å². The van der Waals surface area contributed by atoms with E-state index in [9.17, 15) is 5.11 Å². The molecule has 4 N–H and O–H groups in total. The average Bonchev–Trinajstić information content (AvgIpc) is 2.72. The van der Waals surface area contributed by atoms with Crippen molar-refractivity contribution in [1.29, 1.82) is 0 Å². The van der Waals surface area contributed by atoms with E-state index in [0.717, 1.165) is 48.0 Å². The predicted octanol–water partition coefficient (Wildman–Crippen LogP) is 3.31. The molecule has 4 heteroatoms. The van der Waals surface area contributed by atoms with Crippen LogP contribution in [0.25, 0.3) is 10.9 Å². The monoisotopic (exact) mass is 285 g/mol. The zero-order chi connectivity index (χ0) is 14.7. The molecule has 0 atom stereocenters. The minimum Gasteiger partial charge on any atom is -0.398 e. The second kappa shape index (κ2) is 5.90. The molecule has 1 aromatic carbocycles. The summed E-state index contributed by atoms with van der Waals surface area (Å²) in [5.41, 5.74) is 7.94. The van der Waals surface area contributed by atoms with Crippen molar-refractivity contribution in [3.05, 3.63) is 30.5 Å². The molecule has 1 fully saturated rings. The van der Waals surface area contributed by atoms with Crippen molar-refractivity contribution >= 4 is 22.3 Å². The van der Waals surface area contributed by atoms with E-state index in [-0.39, 0.29) is 0 Å². The number of pyridine rings is 1. The normalized spacial score (nSPS) is 18.3. The summed E-state index contributed by atoms with van der Waals surface area (Å²) in [7, 11) is 0. The van der Waals surface area contributed by atoms with Crippen molar-refractivity contribution in [2.24, 2.45) is 0 Å². The number of fused-ring (bicyclic) bond motifs is 1. The molecule has 112 valence electrons. The molecule has 1 aromatic heterocycles. The summed E-state index contributed by atoms with van der Waals surface area (Å²) in [4.78, 5) is 4.42. The quantitative estimate of drug-likeness (QED) is 0.597. The number of hydrogen-bond acceptors (Lipinski definition) is 4. The van der Waals surface area contributed by atoms with E-state index in [2.05, 4.69) is 10.3 Å². The topological polar surface area (TPSA) is 71.2 Å². The summed E-state index contributed by atoms with van der Waals surface area (Å²) in [5.74, 6) is 0. The number of benzene rings is 1. The zero-order valence-electron chi connectivity index (χ0n) is 12.3. The number of rotatable bonds is 3. The predicted molar refractivity (Wildman–Crippen MR) is 87.3 cm³/mol. The molecule has 3 rings (SSSR count). The molecule has 0 unspecified atom stereocenters. The van der Waals surface area contributed by atoms with Gasteiger partial charge in [-0.15, -0.1) is 0 Å². The Morgan fingerprint density at radius 3 is 2.67 bits per heavy atom. The highest BCUT2D eigenvalue weighted by Gasteiger charge is 2.27. The Kier molecular flexibility index (Phi) is 3.97. The van der Waals surface area contributed by atoms with Crippen LogP contribution in [0.2, 0.25) is 0 Å². The van der Waals surface area contributed by atoms with E-state index in [0.29, 0.717) is 6.54 Å². The minimum absolute atomic E-state index is 0.572. The lowest BCUT2D eigenvalue weighted by molar-refractivity contribution is 0.0381. The van der Waals surface area contributed by atoms with Crippen molar-refractivity contribution in [3.63, 3.8) is 0 Å². The number of nitrogens with zero attached hydrogens (tertiary/aromatic N) is 1. The van der Waals surface area contributed by atoms with Crippen LogP contribution in [0, 0.1) is 0 Å². The van der Waals surface area contributed by atoms with Crippen LogP contribution < -0.4 is 11.1 Å². The Morgan fingerprint density at radius 1 is 1.14 bits per heavy atom. The lowest BCUT2D eigenvalue weighted by Crippen LogP contribution is -2.36. The number of nitrogens with one attached hydrogen (secondary N) is 1. The van der Waals surface area contributed by atoms with Gasteiger partial charge in [0.1, 0.15) is 0 Å². The first-order chi connectivity index (χ1) is 10.2. The Labute approximate surface area is 125 Å². The number of aromatic nitrogens is 1. The summed E-state index contributed by atoms with van der Waals surface area (Å²) in [6.45, 7) is 0.572. The molecule has 0 saturated heterocycles. The van der Waals surface area contributed by atoms with E-state index in [1.807, 2.05) is 24.3 Å². The lowest BCUT2D eigenvalue weighted by atomic mass is 9.94. The van der Waals surface area contributed by atoms with E-state index in [1.54, 1.807) is 6.20 Å². The van der Waals surface area contributed by atoms with Gasteiger partial charge in [-0.05, 0) is 37.1 Å². The zero-order valence-corrected chi connectivity index (χ0v) is 12.3. The third-order valence-corrected chi connectivity index (χ3v) is 4.45. The fraction of sp³-hybridized carbons (Fsp3) is 0.471. The van der Waals surface area contributed by atoms with Crippen molar-refractivity contribution in [2.45, 2.75) is 44.1 Å². The molecule has 1 aliphatic rings. The SMILES string of the molecule is Nc1ccc(NCC2(O)CCCCCC2)c2ncccc12. The number of nitrogens with two attached hydrogens (primary N) is 1. The molecule has 1 aliphatic carbocycles. The fourth-order valence-electron chi connectivity index (χ4n) is 3.16. The Bertz CT molecular complexity index is 618. The first-order valence-corrected chi connectivity index (χ1v) is 7.77. The molecule has 0 amide bonds. The fourth-order valence-corrected chi connectivity index (χ4v) is 3.16. The Balaban J connectivity index is 1.80. The highest BCUT2D eigenvalue weighted by molar-refractivity contribution is 5.98.